The molecule has 0 heterocycles. The van der Waals surface area contributed by atoms with E-state index in [9.17, 15) is 0 Å². The van der Waals surface area contributed by atoms with Crippen LogP contribution in [-0.2, 0) is 21.5 Å². The predicted octanol–water partition coefficient (Wildman–Crippen LogP) is -3.09. The summed E-state index contributed by atoms with van der Waals surface area (Å²) in [7, 11) is -3.13. The van der Waals surface area contributed by atoms with Crippen LogP contribution in [0.25, 0.3) is 0 Å². The Hall–Kier alpha value is 1.73. The SMILES string of the molecule is O.O=[Si](O)O.[Fe].[KH]. The molecule has 0 spiro atoms. The van der Waals surface area contributed by atoms with Crippen molar-refractivity contribution in [3.63, 3.8) is 0 Å². The monoisotopic (exact) mass is 192 g/mol. The van der Waals surface area contributed by atoms with Crippen LogP contribution in [0.4, 0.5) is 0 Å². The van der Waals surface area contributed by atoms with E-state index < -0.39 is 9.17 Å². The van der Waals surface area contributed by atoms with Crippen molar-refractivity contribution < 1.29 is 36.6 Å². The summed E-state index contributed by atoms with van der Waals surface area (Å²) in [5, 5.41) is 0. The number of rotatable bonds is 0. The second-order valence-corrected chi connectivity index (χ2v) is 0.848. The zero-order chi connectivity index (χ0) is 3.58. The molecule has 0 aliphatic heterocycles. The van der Waals surface area contributed by atoms with Crippen LogP contribution in [0.1, 0.15) is 0 Å². The van der Waals surface area contributed by atoms with E-state index in [1.807, 2.05) is 0 Å². The summed E-state index contributed by atoms with van der Waals surface area (Å²) in [4.78, 5) is 14.3. The van der Waals surface area contributed by atoms with E-state index in [0.717, 1.165) is 0 Å². The van der Waals surface area contributed by atoms with Gasteiger partial charge in [0.15, 0.2) is 0 Å². The van der Waals surface area contributed by atoms with E-state index in [1.54, 1.807) is 0 Å². The molecule has 0 aromatic carbocycles. The van der Waals surface area contributed by atoms with Crippen LogP contribution < -0.4 is 0 Å². The van der Waals surface area contributed by atoms with Crippen molar-refractivity contribution in [2.45, 2.75) is 0 Å². The summed E-state index contributed by atoms with van der Waals surface area (Å²) < 4.78 is 8.74. The minimum atomic E-state index is -3.13. The molecule has 0 aromatic heterocycles. The van der Waals surface area contributed by atoms with Gasteiger partial charge in [0, 0.05) is 17.1 Å². The zero-order valence-corrected chi connectivity index (χ0v) is 4.76. The first kappa shape index (κ1) is 23.3. The second kappa shape index (κ2) is 15.6. The number of hydrogen-bond donors (Lipinski definition) is 2. The summed E-state index contributed by atoms with van der Waals surface area (Å²) in [5.74, 6) is 0. The van der Waals surface area contributed by atoms with Crippen molar-refractivity contribution in [3.8, 4) is 0 Å². The molecule has 0 saturated carbocycles. The molecule has 7 heavy (non-hydrogen) atoms. The Balaban J connectivity index is -0.0000000150. The van der Waals surface area contributed by atoms with Crippen LogP contribution >= 0.6 is 0 Å². The maximum absolute atomic E-state index is 8.74. The molecular weight excluding hydrogens is 187 g/mol. The Bertz CT molecular complexity index is 34.7. The van der Waals surface area contributed by atoms with Crippen LogP contribution in [0.15, 0.2) is 0 Å². The third-order valence-corrected chi connectivity index (χ3v) is 0. The zero-order valence-electron chi connectivity index (χ0n) is 2.66. The van der Waals surface area contributed by atoms with Crippen LogP contribution in [0, 0.1) is 0 Å². The van der Waals surface area contributed by atoms with E-state index >= 15 is 0 Å². The summed E-state index contributed by atoms with van der Waals surface area (Å²) in [5.41, 5.74) is 0. The van der Waals surface area contributed by atoms with Gasteiger partial charge in [-0.05, 0) is 0 Å². The summed E-state index contributed by atoms with van der Waals surface area (Å²) in [6, 6.07) is 0. The quantitative estimate of drug-likeness (QED) is 0.398. The van der Waals surface area contributed by atoms with Gasteiger partial charge in [-0.2, -0.15) is 0 Å². The average molecular weight is 192 g/mol. The van der Waals surface area contributed by atoms with Gasteiger partial charge in [0.2, 0.25) is 0 Å². The van der Waals surface area contributed by atoms with Gasteiger partial charge in [-0.3, -0.25) is 4.46 Å². The molecule has 0 aliphatic rings. The predicted molar refractivity (Wildman–Crippen MR) is 21.6 cm³/mol. The fraction of sp³-hybridized carbons (Fsp3) is 0. The van der Waals surface area contributed by atoms with E-state index in [-0.39, 0.29) is 73.9 Å². The second-order valence-electron chi connectivity index (χ2n) is 0.283. The first-order chi connectivity index (χ1) is 1.73. The fourth-order valence-corrected chi connectivity index (χ4v) is 0. The topological polar surface area (TPSA) is 89.0 Å². The van der Waals surface area contributed by atoms with Crippen LogP contribution in [-0.4, -0.2) is 75.6 Å². The Morgan fingerprint density at radius 2 is 1.29 bits per heavy atom. The van der Waals surface area contributed by atoms with E-state index in [1.165, 1.54) is 0 Å². The average Bonchev–Trinajstić information content (AvgIpc) is 0.811. The molecule has 0 aliphatic carbocycles. The van der Waals surface area contributed by atoms with Gasteiger partial charge < -0.3 is 15.1 Å². The van der Waals surface area contributed by atoms with Gasteiger partial charge >= 0.3 is 60.6 Å². The van der Waals surface area contributed by atoms with Gasteiger partial charge in [-0.25, -0.2) is 0 Å². The van der Waals surface area contributed by atoms with Gasteiger partial charge in [0.25, 0.3) is 0 Å². The molecule has 0 saturated heterocycles. The van der Waals surface area contributed by atoms with Crippen LogP contribution in [0.3, 0.4) is 0 Å². The van der Waals surface area contributed by atoms with E-state index in [2.05, 4.69) is 0 Å². The van der Waals surface area contributed by atoms with Crippen molar-refractivity contribution >= 4 is 60.6 Å². The molecule has 0 atom stereocenters. The molecule has 0 rings (SSSR count). The molecule has 4 N–H and O–H groups in total. The van der Waals surface area contributed by atoms with Crippen molar-refractivity contribution in [3.05, 3.63) is 0 Å². The van der Waals surface area contributed by atoms with Gasteiger partial charge in [0.1, 0.15) is 0 Å². The summed E-state index contributed by atoms with van der Waals surface area (Å²) >= 11 is 0. The van der Waals surface area contributed by atoms with Crippen LogP contribution in [0.2, 0.25) is 0 Å². The maximum atomic E-state index is 8.74. The summed E-state index contributed by atoms with van der Waals surface area (Å²) in [6.45, 7) is 0. The van der Waals surface area contributed by atoms with E-state index in [4.69, 9.17) is 14.1 Å². The molecule has 0 aromatic rings. The van der Waals surface area contributed by atoms with Crippen LogP contribution in [0.5, 0.6) is 0 Å². The molecular formula is H5FeKO4Si. The Morgan fingerprint density at radius 1 is 1.29 bits per heavy atom. The van der Waals surface area contributed by atoms with Crippen molar-refractivity contribution in [2.75, 3.05) is 0 Å². The summed E-state index contributed by atoms with van der Waals surface area (Å²) in [6.07, 6.45) is 0. The third-order valence-electron chi connectivity index (χ3n) is 0. The molecule has 0 unspecified atom stereocenters. The normalized spacial score (nSPS) is 3.43. The van der Waals surface area contributed by atoms with Crippen molar-refractivity contribution in [2.24, 2.45) is 0 Å². The van der Waals surface area contributed by atoms with Gasteiger partial charge in [-0.15, -0.1) is 0 Å². The molecule has 0 fully saturated rings. The molecule has 0 amide bonds. The van der Waals surface area contributed by atoms with Gasteiger partial charge in [0.05, 0.1) is 0 Å². The molecule has 0 bridgehead atoms. The Morgan fingerprint density at radius 3 is 1.29 bits per heavy atom. The minimum absolute atomic E-state index is 0. The molecule has 42 valence electrons. The van der Waals surface area contributed by atoms with Crippen molar-refractivity contribution in [1.29, 1.82) is 0 Å². The number of hydrogen-bond acceptors (Lipinski definition) is 1. The molecule has 4 nitrogen and oxygen atoms in total. The van der Waals surface area contributed by atoms with Crippen molar-refractivity contribution in [1.82, 2.24) is 0 Å². The standard InChI is InChI=1S/Fe.K.H2O3Si.H2O.H/c;;1-4(2)3;;/h;;1-2H;1H2;. The third kappa shape index (κ3) is 84.6. The fourth-order valence-electron chi connectivity index (χ4n) is 0. The molecule has 0 radical (unpaired) electrons. The Labute approximate surface area is 95.4 Å². The first-order valence-corrected chi connectivity index (χ1v) is 1.95. The van der Waals surface area contributed by atoms with Gasteiger partial charge in [-0.1, -0.05) is 0 Å². The molecule has 7 heteroatoms. The first-order valence-electron chi connectivity index (χ1n) is 0.651. The Kier molecular flexibility index (Phi) is 52.1. The van der Waals surface area contributed by atoms with E-state index in [0.29, 0.717) is 0 Å².